The molecule has 2 saturated heterocycles. The molecule has 4 aliphatic carbocycles. The minimum absolute atomic E-state index is 0.0182. The fraction of sp³-hybridized carbons (Fsp3) is 0.865. The summed E-state index contributed by atoms with van der Waals surface area (Å²) < 4.78 is 12.1. The minimum Gasteiger partial charge on any atom is -0.460 e. The SMILES string of the molecule is CC(CCC1CC[NH2+]C(N)C1)=C(CO)C[C@@]12O[C@]1(C(=O)OC[C@H](O)C1(CC3CCCCC3)CCCC1)C(=O)C1CCCCC1C2=O. The second-order valence-corrected chi connectivity index (χ2v) is 16.1. The van der Waals surface area contributed by atoms with Crippen LogP contribution in [0.1, 0.15) is 129 Å². The molecule has 0 amide bonds. The predicted molar refractivity (Wildman–Crippen MR) is 172 cm³/mol. The van der Waals surface area contributed by atoms with Gasteiger partial charge in [0.2, 0.25) is 0 Å². The Bertz CT molecular complexity index is 1170. The zero-order valence-electron chi connectivity index (χ0n) is 28.1. The summed E-state index contributed by atoms with van der Waals surface area (Å²) in [5, 5.41) is 24.3. The number of hydrogen-bond donors (Lipinski definition) is 4. The quantitative estimate of drug-likeness (QED) is 0.109. The molecular formula is C37H59N2O7+. The molecule has 9 heteroatoms. The van der Waals surface area contributed by atoms with Gasteiger partial charge in [-0.2, -0.15) is 0 Å². The number of fused-ring (bicyclic) bond motifs is 2. The summed E-state index contributed by atoms with van der Waals surface area (Å²) in [6.45, 7) is 2.53. The number of epoxide rings is 1. The van der Waals surface area contributed by atoms with Gasteiger partial charge in [0.05, 0.1) is 19.3 Å². The standard InChI is InChI=1S/C37H58N2O7/c1-24(13-14-25-15-18-39-31(38)19-25)27(22-40)21-36-32(42)28-11-5-6-12-29(28)33(43)37(36,46-36)34(44)45-23-30(41)35(16-7-8-17-35)20-26-9-3-2-4-10-26/h25-26,28-31,39-41H,2-23,38H2,1H3/p+1/t25?,28?,29?,30-,31?,36-,37-/m0/s1. The molecule has 6 aliphatic rings. The maximum atomic E-state index is 14.3. The van der Waals surface area contributed by atoms with Crippen LogP contribution in [0.5, 0.6) is 0 Å². The Balaban J connectivity index is 1.19. The molecule has 7 atom stereocenters. The fourth-order valence-electron chi connectivity index (χ4n) is 10.4. The Kier molecular flexibility index (Phi) is 10.5. The predicted octanol–water partition coefficient (Wildman–Crippen LogP) is 3.62. The average Bonchev–Trinajstić information content (AvgIpc) is 3.55. The normalized spacial score (nSPS) is 37.2. The number of esters is 1. The van der Waals surface area contributed by atoms with E-state index in [1.165, 1.54) is 32.1 Å². The summed E-state index contributed by atoms with van der Waals surface area (Å²) in [5.41, 5.74) is 3.91. The molecule has 2 aliphatic heterocycles. The summed E-state index contributed by atoms with van der Waals surface area (Å²) in [6.07, 6.45) is 17.0. The second-order valence-electron chi connectivity index (χ2n) is 16.1. The Morgan fingerprint density at radius 3 is 2.33 bits per heavy atom. The van der Waals surface area contributed by atoms with E-state index >= 15 is 0 Å². The number of carbonyl (C=O) groups excluding carboxylic acids is 3. The van der Waals surface area contributed by atoms with Crippen LogP contribution in [0.4, 0.5) is 0 Å². The molecule has 258 valence electrons. The van der Waals surface area contributed by atoms with Gasteiger partial charge in [0.25, 0.3) is 5.60 Å². The van der Waals surface area contributed by atoms with E-state index in [2.05, 4.69) is 5.32 Å². The van der Waals surface area contributed by atoms with Gasteiger partial charge in [-0.1, -0.05) is 63.4 Å². The topological polar surface area (TPSA) is 156 Å². The van der Waals surface area contributed by atoms with Crippen LogP contribution < -0.4 is 11.1 Å². The van der Waals surface area contributed by atoms with Gasteiger partial charge in [-0.15, -0.1) is 0 Å². The molecule has 0 aromatic rings. The highest BCUT2D eigenvalue weighted by molar-refractivity contribution is 6.23. The number of nitrogens with two attached hydrogens (primary N) is 2. The lowest BCUT2D eigenvalue weighted by atomic mass is 9.60. The number of ketones is 2. The summed E-state index contributed by atoms with van der Waals surface area (Å²) in [7, 11) is 0. The molecule has 0 spiro atoms. The highest BCUT2D eigenvalue weighted by Crippen LogP contribution is 2.62. The van der Waals surface area contributed by atoms with Crippen molar-refractivity contribution in [1.82, 2.24) is 0 Å². The smallest absolute Gasteiger partial charge is 0.350 e. The number of aliphatic hydroxyl groups excluding tert-OH is 2. The molecule has 0 radical (unpaired) electrons. The van der Waals surface area contributed by atoms with Crippen molar-refractivity contribution >= 4 is 17.5 Å². The van der Waals surface area contributed by atoms with Crippen LogP contribution in [-0.4, -0.2) is 71.0 Å². The van der Waals surface area contributed by atoms with Crippen molar-refractivity contribution in [2.24, 2.45) is 34.8 Å². The molecule has 6 fully saturated rings. The van der Waals surface area contributed by atoms with Gasteiger partial charge >= 0.3 is 5.97 Å². The Morgan fingerprint density at radius 2 is 1.65 bits per heavy atom. The highest BCUT2D eigenvalue weighted by Gasteiger charge is 2.87. The summed E-state index contributed by atoms with van der Waals surface area (Å²) >= 11 is 0. The van der Waals surface area contributed by atoms with E-state index in [1.54, 1.807) is 0 Å². The molecule has 46 heavy (non-hydrogen) atoms. The molecule has 6 N–H and O–H groups in total. The lowest BCUT2D eigenvalue weighted by Gasteiger charge is -2.39. The number of carbonyl (C=O) groups is 3. The van der Waals surface area contributed by atoms with E-state index in [1.807, 2.05) is 6.92 Å². The lowest BCUT2D eigenvalue weighted by Crippen LogP contribution is -2.94. The van der Waals surface area contributed by atoms with Crippen molar-refractivity contribution in [3.63, 3.8) is 0 Å². The van der Waals surface area contributed by atoms with Crippen molar-refractivity contribution in [2.75, 3.05) is 19.8 Å². The third kappa shape index (κ3) is 6.28. The number of Topliss-reactive ketones (excluding diaryl/α,β-unsaturated/α-hetero) is 2. The van der Waals surface area contributed by atoms with Crippen molar-refractivity contribution in [1.29, 1.82) is 0 Å². The van der Waals surface area contributed by atoms with Gasteiger partial charge in [-0.3, -0.25) is 15.3 Å². The third-order valence-corrected chi connectivity index (χ3v) is 13.3. The monoisotopic (exact) mass is 643 g/mol. The van der Waals surface area contributed by atoms with E-state index in [-0.39, 0.29) is 42.8 Å². The van der Waals surface area contributed by atoms with E-state index in [0.29, 0.717) is 30.3 Å². The number of hydrogen-bond acceptors (Lipinski definition) is 8. The first-order chi connectivity index (χ1) is 22.2. The van der Waals surface area contributed by atoms with Crippen LogP contribution in [-0.2, 0) is 23.9 Å². The van der Waals surface area contributed by atoms with E-state index < -0.39 is 35.1 Å². The van der Waals surface area contributed by atoms with Crippen LogP contribution in [0.3, 0.4) is 0 Å². The molecule has 0 bridgehead atoms. The minimum atomic E-state index is -1.98. The first-order valence-electron chi connectivity index (χ1n) is 18.7. The Hall–Kier alpha value is -1.65. The molecule has 9 nitrogen and oxygen atoms in total. The van der Waals surface area contributed by atoms with Gasteiger partial charge < -0.3 is 25.0 Å². The van der Waals surface area contributed by atoms with Crippen LogP contribution in [0.15, 0.2) is 11.1 Å². The van der Waals surface area contributed by atoms with Crippen molar-refractivity contribution in [3.8, 4) is 0 Å². The van der Waals surface area contributed by atoms with Crippen LogP contribution in [0.25, 0.3) is 0 Å². The average molecular weight is 644 g/mol. The molecule has 4 unspecified atom stereocenters. The van der Waals surface area contributed by atoms with Gasteiger partial charge in [0, 0.05) is 24.7 Å². The second kappa shape index (κ2) is 14.1. The molecular weight excluding hydrogens is 584 g/mol. The molecule has 0 aromatic carbocycles. The van der Waals surface area contributed by atoms with Crippen LogP contribution >= 0.6 is 0 Å². The van der Waals surface area contributed by atoms with Crippen LogP contribution in [0, 0.1) is 29.1 Å². The van der Waals surface area contributed by atoms with Crippen molar-refractivity contribution in [3.05, 3.63) is 11.1 Å². The van der Waals surface area contributed by atoms with E-state index in [0.717, 1.165) is 82.7 Å². The molecule has 4 saturated carbocycles. The van der Waals surface area contributed by atoms with Gasteiger partial charge in [0.15, 0.2) is 17.2 Å². The fourth-order valence-corrected chi connectivity index (χ4v) is 10.4. The zero-order valence-corrected chi connectivity index (χ0v) is 28.1. The lowest BCUT2D eigenvalue weighted by molar-refractivity contribution is -0.699. The first kappa shape index (κ1) is 34.2. The van der Waals surface area contributed by atoms with E-state index in [9.17, 15) is 24.6 Å². The number of allylic oxidation sites excluding steroid dienone is 1. The van der Waals surface area contributed by atoms with E-state index in [4.69, 9.17) is 15.2 Å². The van der Waals surface area contributed by atoms with Gasteiger partial charge in [-0.25, -0.2) is 4.79 Å². The van der Waals surface area contributed by atoms with Crippen LogP contribution in [0.2, 0.25) is 0 Å². The Labute approximate surface area is 274 Å². The number of rotatable bonds is 12. The highest BCUT2D eigenvalue weighted by atomic mass is 16.7. The first-order valence-corrected chi connectivity index (χ1v) is 18.7. The number of piperidine rings is 1. The summed E-state index contributed by atoms with van der Waals surface area (Å²) in [5.74, 6) is -1.27. The maximum absolute atomic E-state index is 14.3. The Morgan fingerprint density at radius 1 is 0.978 bits per heavy atom. The molecule has 0 aromatic heterocycles. The molecule has 2 heterocycles. The van der Waals surface area contributed by atoms with Crippen molar-refractivity contribution in [2.45, 2.75) is 152 Å². The number of quaternary nitrogens is 1. The van der Waals surface area contributed by atoms with Gasteiger partial charge in [0.1, 0.15) is 12.8 Å². The summed E-state index contributed by atoms with van der Waals surface area (Å²) in [6, 6.07) is 0. The third-order valence-electron chi connectivity index (χ3n) is 13.3. The summed E-state index contributed by atoms with van der Waals surface area (Å²) in [4.78, 5) is 42.6. The number of aliphatic hydroxyl groups is 2. The van der Waals surface area contributed by atoms with Crippen molar-refractivity contribution < 1.29 is 39.4 Å². The maximum Gasteiger partial charge on any atom is 0.350 e. The largest absolute Gasteiger partial charge is 0.460 e. The molecule has 6 rings (SSSR count). The number of ether oxygens (including phenoxy) is 2. The zero-order chi connectivity index (χ0) is 32.5. The van der Waals surface area contributed by atoms with Gasteiger partial charge in [-0.05, 0) is 81.1 Å².